The molecular formula is C17H22N2S. The molecule has 0 aliphatic carbocycles. The third-order valence-corrected chi connectivity index (χ3v) is 4.89. The zero-order chi connectivity index (χ0) is 13.8. The van der Waals surface area contributed by atoms with E-state index in [1.807, 2.05) is 11.3 Å². The van der Waals surface area contributed by atoms with E-state index in [0.717, 1.165) is 6.54 Å². The topological polar surface area (TPSA) is 15.3 Å². The smallest absolute Gasteiger partial charge is 0.0303 e. The van der Waals surface area contributed by atoms with Crippen LogP contribution in [0, 0.1) is 0 Å². The van der Waals surface area contributed by atoms with Gasteiger partial charge >= 0.3 is 0 Å². The summed E-state index contributed by atoms with van der Waals surface area (Å²) in [6.07, 6.45) is 2.62. The molecular weight excluding hydrogens is 264 g/mol. The lowest BCUT2D eigenvalue weighted by Crippen LogP contribution is -2.43. The molecule has 3 rings (SSSR count). The minimum Gasteiger partial charge on any atom is -0.308 e. The van der Waals surface area contributed by atoms with Crippen molar-refractivity contribution in [3.05, 3.63) is 46.7 Å². The predicted molar refractivity (Wildman–Crippen MR) is 87.1 cm³/mol. The van der Waals surface area contributed by atoms with Gasteiger partial charge in [-0.3, -0.25) is 0 Å². The second-order valence-electron chi connectivity index (χ2n) is 5.65. The average molecular weight is 286 g/mol. The van der Waals surface area contributed by atoms with Crippen LogP contribution in [-0.2, 0) is 6.54 Å². The molecule has 1 saturated heterocycles. The highest BCUT2D eigenvalue weighted by atomic mass is 32.1. The molecule has 1 aliphatic heterocycles. The van der Waals surface area contributed by atoms with Crippen molar-refractivity contribution in [2.75, 3.05) is 20.1 Å². The number of hydrogen-bond acceptors (Lipinski definition) is 3. The molecule has 1 aliphatic rings. The Balaban J connectivity index is 1.58. The van der Waals surface area contributed by atoms with Gasteiger partial charge in [-0.05, 0) is 49.0 Å². The van der Waals surface area contributed by atoms with Gasteiger partial charge in [-0.2, -0.15) is 0 Å². The van der Waals surface area contributed by atoms with E-state index < -0.39 is 0 Å². The molecule has 0 radical (unpaired) electrons. The summed E-state index contributed by atoms with van der Waals surface area (Å²) >= 11 is 1.86. The van der Waals surface area contributed by atoms with Gasteiger partial charge in [0.15, 0.2) is 0 Å². The molecule has 106 valence electrons. The van der Waals surface area contributed by atoms with Crippen molar-refractivity contribution in [3.63, 3.8) is 0 Å². The second kappa shape index (κ2) is 6.53. The SMILES string of the molecule is CN1CCCC(NCc2cc(-c3ccccc3)cs2)C1. The van der Waals surface area contributed by atoms with Crippen LogP contribution < -0.4 is 5.32 Å². The van der Waals surface area contributed by atoms with E-state index in [2.05, 4.69) is 59.0 Å². The first kappa shape index (κ1) is 13.8. The molecule has 2 aromatic rings. The monoisotopic (exact) mass is 286 g/mol. The number of piperidine rings is 1. The summed E-state index contributed by atoms with van der Waals surface area (Å²) in [6.45, 7) is 3.42. The van der Waals surface area contributed by atoms with E-state index in [0.29, 0.717) is 6.04 Å². The maximum absolute atomic E-state index is 3.70. The Bertz CT molecular complexity index is 535. The molecule has 0 spiro atoms. The Morgan fingerprint density at radius 1 is 1.25 bits per heavy atom. The van der Waals surface area contributed by atoms with Gasteiger partial charge in [-0.15, -0.1) is 11.3 Å². The van der Waals surface area contributed by atoms with Gasteiger partial charge < -0.3 is 10.2 Å². The fourth-order valence-corrected chi connectivity index (χ4v) is 3.68. The summed E-state index contributed by atoms with van der Waals surface area (Å²) in [5.74, 6) is 0. The minimum atomic E-state index is 0.649. The maximum Gasteiger partial charge on any atom is 0.0303 e. The molecule has 2 heterocycles. The average Bonchev–Trinajstić information content (AvgIpc) is 2.95. The van der Waals surface area contributed by atoms with Crippen LogP contribution in [0.4, 0.5) is 0 Å². The van der Waals surface area contributed by atoms with Crippen molar-refractivity contribution in [1.82, 2.24) is 10.2 Å². The Kier molecular flexibility index (Phi) is 4.51. The van der Waals surface area contributed by atoms with E-state index in [1.54, 1.807) is 0 Å². The van der Waals surface area contributed by atoms with Crippen molar-refractivity contribution in [2.45, 2.75) is 25.4 Å². The lowest BCUT2D eigenvalue weighted by molar-refractivity contribution is 0.227. The third-order valence-electron chi connectivity index (χ3n) is 3.95. The summed E-state index contributed by atoms with van der Waals surface area (Å²) in [6, 6.07) is 13.6. The van der Waals surface area contributed by atoms with Crippen LogP contribution >= 0.6 is 11.3 Å². The van der Waals surface area contributed by atoms with Gasteiger partial charge in [-0.25, -0.2) is 0 Å². The van der Waals surface area contributed by atoms with Crippen molar-refractivity contribution in [3.8, 4) is 11.1 Å². The second-order valence-corrected chi connectivity index (χ2v) is 6.65. The lowest BCUT2D eigenvalue weighted by Gasteiger charge is -2.30. The van der Waals surface area contributed by atoms with Crippen LogP contribution in [0.25, 0.3) is 11.1 Å². The first-order valence-corrected chi connectivity index (χ1v) is 8.24. The number of nitrogens with zero attached hydrogens (tertiary/aromatic N) is 1. The molecule has 0 saturated carbocycles. The van der Waals surface area contributed by atoms with Crippen molar-refractivity contribution in [1.29, 1.82) is 0 Å². The molecule has 3 heteroatoms. The molecule has 1 fully saturated rings. The number of nitrogens with one attached hydrogen (secondary N) is 1. The highest BCUT2D eigenvalue weighted by molar-refractivity contribution is 7.10. The molecule has 0 bridgehead atoms. The summed E-state index contributed by atoms with van der Waals surface area (Å²) in [5, 5.41) is 5.97. The molecule has 20 heavy (non-hydrogen) atoms. The quantitative estimate of drug-likeness (QED) is 0.924. The molecule has 1 aromatic heterocycles. The minimum absolute atomic E-state index is 0.649. The first-order valence-electron chi connectivity index (χ1n) is 7.36. The van der Waals surface area contributed by atoms with E-state index in [9.17, 15) is 0 Å². The summed E-state index contributed by atoms with van der Waals surface area (Å²) in [5.41, 5.74) is 2.65. The number of hydrogen-bond donors (Lipinski definition) is 1. The highest BCUT2D eigenvalue weighted by Crippen LogP contribution is 2.25. The normalized spacial score (nSPS) is 20.1. The third kappa shape index (κ3) is 3.48. The molecule has 1 unspecified atom stereocenters. The summed E-state index contributed by atoms with van der Waals surface area (Å²) in [7, 11) is 2.21. The van der Waals surface area contributed by atoms with Crippen LogP contribution in [0.3, 0.4) is 0 Å². The van der Waals surface area contributed by atoms with Crippen LogP contribution in [0.5, 0.6) is 0 Å². The Morgan fingerprint density at radius 2 is 2.10 bits per heavy atom. The highest BCUT2D eigenvalue weighted by Gasteiger charge is 2.16. The van der Waals surface area contributed by atoms with Crippen LogP contribution in [0.1, 0.15) is 17.7 Å². The molecule has 1 N–H and O–H groups in total. The van der Waals surface area contributed by atoms with Crippen molar-refractivity contribution < 1.29 is 0 Å². The van der Waals surface area contributed by atoms with Gasteiger partial charge in [-0.1, -0.05) is 30.3 Å². The lowest BCUT2D eigenvalue weighted by atomic mass is 10.1. The fourth-order valence-electron chi connectivity index (χ4n) is 2.83. The Morgan fingerprint density at radius 3 is 2.90 bits per heavy atom. The molecule has 1 aromatic carbocycles. The summed E-state index contributed by atoms with van der Waals surface area (Å²) in [4.78, 5) is 3.85. The van der Waals surface area contributed by atoms with Crippen molar-refractivity contribution in [2.24, 2.45) is 0 Å². The van der Waals surface area contributed by atoms with Gasteiger partial charge in [0.2, 0.25) is 0 Å². The Hall–Kier alpha value is -1.16. The number of likely N-dealkylation sites (N-methyl/N-ethyl adjacent to an activating group) is 1. The molecule has 1 atom stereocenters. The van der Waals surface area contributed by atoms with Crippen LogP contribution in [0.2, 0.25) is 0 Å². The van der Waals surface area contributed by atoms with Gasteiger partial charge in [0, 0.05) is 24.0 Å². The first-order chi connectivity index (χ1) is 9.81. The number of benzene rings is 1. The van der Waals surface area contributed by atoms with E-state index in [4.69, 9.17) is 0 Å². The van der Waals surface area contributed by atoms with Crippen molar-refractivity contribution >= 4 is 11.3 Å². The largest absolute Gasteiger partial charge is 0.308 e. The fraction of sp³-hybridized carbons (Fsp3) is 0.412. The van der Waals surface area contributed by atoms with E-state index >= 15 is 0 Å². The zero-order valence-corrected chi connectivity index (χ0v) is 12.8. The maximum atomic E-state index is 3.70. The zero-order valence-electron chi connectivity index (χ0n) is 12.0. The van der Waals surface area contributed by atoms with Crippen LogP contribution in [-0.4, -0.2) is 31.1 Å². The number of likely N-dealkylation sites (tertiary alicyclic amines) is 1. The van der Waals surface area contributed by atoms with E-state index in [1.165, 1.54) is 41.9 Å². The summed E-state index contributed by atoms with van der Waals surface area (Å²) < 4.78 is 0. The number of rotatable bonds is 4. The molecule has 0 amide bonds. The van der Waals surface area contributed by atoms with Crippen LogP contribution in [0.15, 0.2) is 41.8 Å². The van der Waals surface area contributed by atoms with Gasteiger partial charge in [0.25, 0.3) is 0 Å². The Labute approximate surface area is 125 Å². The molecule has 2 nitrogen and oxygen atoms in total. The standard InChI is InChI=1S/C17H22N2S/c1-19-9-5-8-16(12-19)18-11-17-10-15(13-20-17)14-6-3-2-4-7-14/h2-4,6-7,10,13,16,18H,5,8-9,11-12H2,1H3. The predicted octanol–water partition coefficient (Wildman–Crippen LogP) is 3.60. The van der Waals surface area contributed by atoms with Gasteiger partial charge in [0.1, 0.15) is 0 Å². The van der Waals surface area contributed by atoms with Gasteiger partial charge in [0.05, 0.1) is 0 Å². The van der Waals surface area contributed by atoms with E-state index in [-0.39, 0.29) is 0 Å². The number of thiophene rings is 1.